The van der Waals surface area contributed by atoms with Gasteiger partial charge in [-0.1, -0.05) is 29.8 Å². The molecular formula is C18H19N3O2S. The molecule has 24 heavy (non-hydrogen) atoms. The van der Waals surface area contributed by atoms with Gasteiger partial charge in [-0.25, -0.2) is 0 Å². The van der Waals surface area contributed by atoms with Gasteiger partial charge in [0.15, 0.2) is 5.78 Å². The summed E-state index contributed by atoms with van der Waals surface area (Å²) in [6.07, 6.45) is 0. The number of Topliss-reactive ketones (excluding diaryl/α,β-unsaturated/α-hetero) is 1. The summed E-state index contributed by atoms with van der Waals surface area (Å²) in [5.41, 5.74) is 16.3. The van der Waals surface area contributed by atoms with Crippen LogP contribution in [0.15, 0.2) is 35.5 Å². The Morgan fingerprint density at radius 1 is 1.25 bits per heavy atom. The standard InChI is InChI=1S/C18H19N3O2S/c1-8-5-4-6-11(7-8)13-12(10(3)22)9(2)21-18-14(13)15(19)16(24-18)17(20)23/h4-7,13,21H,19H2,1-3H3,(H2,20,23)/t13-/m1/s1. The maximum Gasteiger partial charge on any atom is 0.260 e. The zero-order valence-corrected chi connectivity index (χ0v) is 14.6. The van der Waals surface area contributed by atoms with Gasteiger partial charge in [0, 0.05) is 22.8 Å². The average Bonchev–Trinajstić information content (AvgIpc) is 2.82. The molecule has 1 aliphatic rings. The van der Waals surface area contributed by atoms with Gasteiger partial charge < -0.3 is 16.8 Å². The fourth-order valence-corrected chi connectivity index (χ4v) is 4.33. The van der Waals surface area contributed by atoms with E-state index in [9.17, 15) is 9.59 Å². The SMILES string of the molecule is CC(=O)C1=C(C)Nc2sc(C(N)=O)c(N)c2[C@@H]1c1cccc(C)c1. The summed E-state index contributed by atoms with van der Waals surface area (Å²) in [7, 11) is 0. The third kappa shape index (κ3) is 2.49. The Balaban J connectivity index is 2.30. The lowest BCUT2D eigenvalue weighted by Crippen LogP contribution is -2.21. The van der Waals surface area contributed by atoms with Crippen LogP contribution in [0.3, 0.4) is 0 Å². The molecule has 2 heterocycles. The summed E-state index contributed by atoms with van der Waals surface area (Å²) < 4.78 is 0. The van der Waals surface area contributed by atoms with Crippen molar-refractivity contribution in [2.45, 2.75) is 26.7 Å². The number of primary amides is 1. The quantitative estimate of drug-likeness (QED) is 0.798. The second-order valence-corrected chi connectivity index (χ2v) is 7.04. The molecule has 1 atom stereocenters. The zero-order chi connectivity index (χ0) is 17.6. The number of anilines is 2. The molecule has 0 spiro atoms. The summed E-state index contributed by atoms with van der Waals surface area (Å²) in [5.74, 6) is -0.884. The molecule has 6 heteroatoms. The number of fused-ring (bicyclic) bond motifs is 1. The van der Waals surface area contributed by atoms with Crippen LogP contribution in [-0.4, -0.2) is 11.7 Å². The number of thiophene rings is 1. The molecule has 0 aliphatic carbocycles. The van der Waals surface area contributed by atoms with Gasteiger partial charge in [0.2, 0.25) is 0 Å². The van der Waals surface area contributed by atoms with E-state index in [1.54, 1.807) is 6.92 Å². The van der Waals surface area contributed by atoms with E-state index in [1.165, 1.54) is 11.3 Å². The van der Waals surface area contributed by atoms with Crippen molar-refractivity contribution in [1.82, 2.24) is 0 Å². The number of benzene rings is 1. The van der Waals surface area contributed by atoms with Crippen molar-refractivity contribution in [3.05, 3.63) is 57.1 Å². The number of carbonyl (C=O) groups excluding carboxylic acids is 2. The van der Waals surface area contributed by atoms with Gasteiger partial charge in [-0.3, -0.25) is 9.59 Å². The number of allylic oxidation sites excluding steroid dienone is 2. The molecule has 1 amide bonds. The van der Waals surface area contributed by atoms with E-state index in [1.807, 2.05) is 38.1 Å². The number of rotatable bonds is 3. The first-order chi connectivity index (χ1) is 11.3. The molecule has 0 radical (unpaired) electrons. The fourth-order valence-electron chi connectivity index (χ4n) is 3.27. The predicted octanol–water partition coefficient (Wildman–Crippen LogP) is 3.16. The van der Waals surface area contributed by atoms with Gasteiger partial charge >= 0.3 is 0 Å². The van der Waals surface area contributed by atoms with E-state index in [4.69, 9.17) is 11.5 Å². The molecule has 0 saturated heterocycles. The minimum atomic E-state index is -0.557. The van der Waals surface area contributed by atoms with Gasteiger partial charge in [-0.15, -0.1) is 11.3 Å². The average molecular weight is 341 g/mol. The summed E-state index contributed by atoms with van der Waals surface area (Å²) >= 11 is 1.23. The maximum atomic E-state index is 12.3. The monoisotopic (exact) mass is 341 g/mol. The van der Waals surface area contributed by atoms with E-state index in [0.717, 1.165) is 27.4 Å². The summed E-state index contributed by atoms with van der Waals surface area (Å²) in [6, 6.07) is 7.97. The van der Waals surface area contributed by atoms with Crippen LogP contribution in [0.2, 0.25) is 0 Å². The largest absolute Gasteiger partial charge is 0.397 e. The first kappa shape index (κ1) is 16.3. The van der Waals surface area contributed by atoms with Crippen LogP contribution in [0.4, 0.5) is 10.7 Å². The molecule has 1 aliphatic heterocycles. The van der Waals surface area contributed by atoms with Crippen molar-refractivity contribution < 1.29 is 9.59 Å². The molecule has 1 aromatic carbocycles. The Morgan fingerprint density at radius 2 is 1.96 bits per heavy atom. The van der Waals surface area contributed by atoms with E-state index in [2.05, 4.69) is 5.32 Å². The molecule has 124 valence electrons. The molecule has 0 bridgehead atoms. The molecule has 0 saturated carbocycles. The number of aryl methyl sites for hydroxylation is 1. The first-order valence-corrected chi connectivity index (χ1v) is 8.40. The van der Waals surface area contributed by atoms with Gasteiger partial charge in [0.05, 0.1) is 10.7 Å². The number of nitrogen functional groups attached to an aromatic ring is 1. The Morgan fingerprint density at radius 3 is 2.54 bits per heavy atom. The highest BCUT2D eigenvalue weighted by atomic mass is 32.1. The highest BCUT2D eigenvalue weighted by Crippen LogP contribution is 2.49. The highest BCUT2D eigenvalue weighted by molar-refractivity contribution is 7.18. The maximum absolute atomic E-state index is 12.3. The first-order valence-electron chi connectivity index (χ1n) is 7.58. The van der Waals surface area contributed by atoms with Crippen molar-refractivity contribution in [3.63, 3.8) is 0 Å². The van der Waals surface area contributed by atoms with E-state index in [-0.39, 0.29) is 11.7 Å². The van der Waals surface area contributed by atoms with Gasteiger partial charge in [-0.2, -0.15) is 0 Å². The number of hydrogen-bond acceptors (Lipinski definition) is 5. The van der Waals surface area contributed by atoms with Crippen LogP contribution < -0.4 is 16.8 Å². The molecule has 5 nitrogen and oxygen atoms in total. The van der Waals surface area contributed by atoms with Crippen molar-refractivity contribution in [3.8, 4) is 0 Å². The summed E-state index contributed by atoms with van der Waals surface area (Å²) in [4.78, 5) is 24.3. The molecule has 0 fully saturated rings. The number of hydrogen-bond donors (Lipinski definition) is 3. The second-order valence-electron chi connectivity index (χ2n) is 6.02. The van der Waals surface area contributed by atoms with Crippen LogP contribution in [0.1, 0.15) is 46.1 Å². The Bertz CT molecular complexity index is 896. The Kier molecular flexibility index (Phi) is 3.93. The number of nitrogens with one attached hydrogen (secondary N) is 1. The fraction of sp³-hybridized carbons (Fsp3) is 0.222. The van der Waals surface area contributed by atoms with Crippen LogP contribution in [0.5, 0.6) is 0 Å². The van der Waals surface area contributed by atoms with Crippen LogP contribution in [0, 0.1) is 6.92 Å². The molecule has 2 aromatic rings. The lowest BCUT2D eigenvalue weighted by molar-refractivity contribution is -0.113. The topological polar surface area (TPSA) is 98.2 Å². The highest BCUT2D eigenvalue weighted by Gasteiger charge is 2.35. The molecule has 3 rings (SSSR count). The smallest absolute Gasteiger partial charge is 0.260 e. The molecular weight excluding hydrogens is 322 g/mol. The number of carbonyl (C=O) groups is 2. The van der Waals surface area contributed by atoms with E-state index >= 15 is 0 Å². The van der Waals surface area contributed by atoms with Gasteiger partial charge in [-0.05, 0) is 26.3 Å². The van der Waals surface area contributed by atoms with E-state index < -0.39 is 5.91 Å². The van der Waals surface area contributed by atoms with Crippen LogP contribution >= 0.6 is 11.3 Å². The zero-order valence-electron chi connectivity index (χ0n) is 13.8. The normalized spacial score (nSPS) is 16.5. The Hall–Kier alpha value is -2.60. The summed E-state index contributed by atoms with van der Waals surface area (Å²) in [5, 5.41) is 3.98. The van der Waals surface area contributed by atoms with Crippen molar-refractivity contribution >= 4 is 33.7 Å². The summed E-state index contributed by atoms with van der Waals surface area (Å²) in [6.45, 7) is 5.41. The Labute approximate surface area is 144 Å². The van der Waals surface area contributed by atoms with Gasteiger partial charge in [0.1, 0.15) is 4.88 Å². The third-order valence-electron chi connectivity index (χ3n) is 4.24. The minimum Gasteiger partial charge on any atom is -0.397 e. The van der Waals surface area contributed by atoms with E-state index in [0.29, 0.717) is 16.1 Å². The number of nitrogens with two attached hydrogens (primary N) is 2. The van der Waals surface area contributed by atoms with Crippen molar-refractivity contribution in [2.24, 2.45) is 5.73 Å². The van der Waals surface area contributed by atoms with Gasteiger partial charge in [0.25, 0.3) is 5.91 Å². The molecule has 5 N–H and O–H groups in total. The van der Waals surface area contributed by atoms with Crippen molar-refractivity contribution in [2.75, 3.05) is 11.1 Å². The predicted molar refractivity (Wildman–Crippen MR) is 97.3 cm³/mol. The molecule has 1 aromatic heterocycles. The second kappa shape index (κ2) is 5.79. The lowest BCUT2D eigenvalue weighted by Gasteiger charge is -2.28. The third-order valence-corrected chi connectivity index (χ3v) is 5.40. The van der Waals surface area contributed by atoms with Crippen LogP contribution in [-0.2, 0) is 4.79 Å². The van der Waals surface area contributed by atoms with Crippen molar-refractivity contribution in [1.29, 1.82) is 0 Å². The molecule has 0 unspecified atom stereocenters. The minimum absolute atomic E-state index is 0.0246. The number of ketones is 1. The van der Waals surface area contributed by atoms with Crippen LogP contribution in [0.25, 0.3) is 0 Å². The lowest BCUT2D eigenvalue weighted by atomic mass is 9.80. The number of amides is 1.